The average Bonchev–Trinajstić information content (AvgIpc) is 3.96. The zero-order chi connectivity index (χ0) is 39.3. The van der Waals surface area contributed by atoms with E-state index in [0.717, 1.165) is 44.5 Å². The van der Waals surface area contributed by atoms with Gasteiger partial charge in [0, 0.05) is 54.7 Å². The second kappa shape index (κ2) is 12.7. The highest BCUT2D eigenvalue weighted by molar-refractivity contribution is 6.28. The van der Waals surface area contributed by atoms with Crippen molar-refractivity contribution in [2.45, 2.75) is 0 Å². The Labute approximate surface area is 344 Å². The molecule has 60 heavy (non-hydrogen) atoms. The monoisotopic (exact) mass is 763 g/mol. The van der Waals surface area contributed by atoms with Gasteiger partial charge in [-0.05, 0) is 58.3 Å². The molecule has 0 aliphatic heterocycles. The van der Waals surface area contributed by atoms with E-state index in [9.17, 15) is 0 Å². The van der Waals surface area contributed by atoms with Gasteiger partial charge in [0.25, 0.3) is 0 Å². The van der Waals surface area contributed by atoms with Gasteiger partial charge < -0.3 is 8.97 Å². The summed E-state index contributed by atoms with van der Waals surface area (Å²) in [4.78, 5) is 15.5. The summed E-state index contributed by atoms with van der Waals surface area (Å²) in [5, 5.41) is 10.0. The largest absolute Gasteiger partial charge is 0.309 e. The predicted octanol–water partition coefficient (Wildman–Crippen LogP) is 13.9. The summed E-state index contributed by atoms with van der Waals surface area (Å²) in [6.45, 7) is 0. The Morgan fingerprint density at radius 1 is 0.317 bits per heavy atom. The van der Waals surface area contributed by atoms with Crippen molar-refractivity contribution in [1.29, 1.82) is 0 Å². The maximum absolute atomic E-state index is 5.25. The molecule has 9 aromatic carbocycles. The Kier molecular flexibility index (Phi) is 6.95. The lowest BCUT2D eigenvalue weighted by atomic mass is 9.99. The molecule has 13 rings (SSSR count). The predicted molar refractivity (Wildman–Crippen MR) is 248 cm³/mol. The molecule has 0 atom stereocenters. The number of hydrogen-bond acceptors (Lipinski definition) is 3. The third-order valence-corrected chi connectivity index (χ3v) is 12.3. The van der Waals surface area contributed by atoms with Crippen LogP contribution in [0.4, 0.5) is 0 Å². The minimum absolute atomic E-state index is 0.618. The van der Waals surface area contributed by atoms with Crippen LogP contribution >= 0.6 is 0 Å². The van der Waals surface area contributed by atoms with Gasteiger partial charge in [-0.15, -0.1) is 0 Å². The summed E-state index contributed by atoms with van der Waals surface area (Å²) in [5.41, 5.74) is 12.0. The van der Waals surface area contributed by atoms with E-state index in [0.29, 0.717) is 17.5 Å². The molecule has 13 aromatic rings. The highest BCUT2D eigenvalue weighted by atomic mass is 15.0. The van der Waals surface area contributed by atoms with E-state index in [-0.39, 0.29) is 0 Å². The maximum atomic E-state index is 5.25. The zero-order valence-corrected chi connectivity index (χ0v) is 32.3. The molecule has 0 N–H and O–H groups in total. The normalized spacial score (nSPS) is 12.0. The van der Waals surface area contributed by atoms with Crippen molar-refractivity contribution in [3.05, 3.63) is 200 Å². The van der Waals surface area contributed by atoms with Crippen molar-refractivity contribution in [2.75, 3.05) is 0 Å². The zero-order valence-electron chi connectivity index (χ0n) is 32.3. The quantitative estimate of drug-likeness (QED) is 0.175. The lowest BCUT2D eigenvalue weighted by molar-refractivity contribution is 1.07. The van der Waals surface area contributed by atoms with Gasteiger partial charge in [0.1, 0.15) is 0 Å². The molecule has 0 aliphatic rings. The lowest BCUT2D eigenvalue weighted by Crippen LogP contribution is -2.02. The van der Waals surface area contributed by atoms with Gasteiger partial charge >= 0.3 is 0 Å². The van der Waals surface area contributed by atoms with E-state index in [1.807, 2.05) is 24.3 Å². The first-order valence-corrected chi connectivity index (χ1v) is 20.4. The second-order valence-electron chi connectivity index (χ2n) is 15.6. The molecule has 0 saturated heterocycles. The first-order chi connectivity index (χ1) is 29.8. The van der Waals surface area contributed by atoms with Crippen LogP contribution in [-0.2, 0) is 0 Å². The molecule has 4 aromatic heterocycles. The van der Waals surface area contributed by atoms with Crippen molar-refractivity contribution in [1.82, 2.24) is 23.9 Å². The van der Waals surface area contributed by atoms with Crippen LogP contribution in [0.15, 0.2) is 200 Å². The number of rotatable bonds is 5. The molecule has 5 heteroatoms. The minimum Gasteiger partial charge on any atom is -0.309 e. The van der Waals surface area contributed by atoms with Gasteiger partial charge in [0.05, 0.1) is 27.6 Å². The Morgan fingerprint density at radius 3 is 1.77 bits per heavy atom. The summed E-state index contributed by atoms with van der Waals surface area (Å²) in [6, 6.07) is 71.3. The van der Waals surface area contributed by atoms with E-state index < -0.39 is 0 Å². The number of hydrogen-bond donors (Lipinski definition) is 0. The molecule has 0 bridgehead atoms. The van der Waals surface area contributed by atoms with E-state index in [1.54, 1.807) is 0 Å². The number of aromatic nitrogens is 5. The highest BCUT2D eigenvalue weighted by Gasteiger charge is 2.22. The highest BCUT2D eigenvalue weighted by Crippen LogP contribution is 2.44. The molecule has 0 radical (unpaired) electrons. The van der Waals surface area contributed by atoms with E-state index >= 15 is 0 Å². The Morgan fingerprint density at radius 2 is 0.933 bits per heavy atom. The number of para-hydroxylation sites is 2. The van der Waals surface area contributed by atoms with Crippen LogP contribution in [-0.4, -0.2) is 23.9 Å². The van der Waals surface area contributed by atoms with Crippen molar-refractivity contribution in [2.24, 2.45) is 0 Å². The van der Waals surface area contributed by atoms with Crippen molar-refractivity contribution < 1.29 is 0 Å². The fraction of sp³-hybridized carbons (Fsp3) is 0. The smallest absolute Gasteiger partial charge is 0.164 e. The Balaban J connectivity index is 1.08. The third kappa shape index (κ3) is 4.77. The van der Waals surface area contributed by atoms with Gasteiger partial charge in [0.15, 0.2) is 17.5 Å². The van der Waals surface area contributed by atoms with Gasteiger partial charge in [-0.1, -0.05) is 164 Å². The number of benzene rings is 9. The van der Waals surface area contributed by atoms with Crippen LogP contribution in [0, 0.1) is 0 Å². The van der Waals surface area contributed by atoms with Crippen LogP contribution < -0.4 is 0 Å². The minimum atomic E-state index is 0.618. The van der Waals surface area contributed by atoms with Gasteiger partial charge in [-0.2, -0.15) is 0 Å². The van der Waals surface area contributed by atoms with E-state index in [4.69, 9.17) is 15.0 Å². The Bertz CT molecular complexity index is 3820. The Hall–Kier alpha value is -8.15. The molecule has 5 nitrogen and oxygen atoms in total. The summed E-state index contributed by atoms with van der Waals surface area (Å²) in [6.07, 6.45) is 0. The van der Waals surface area contributed by atoms with Gasteiger partial charge in [-0.3, -0.25) is 0 Å². The number of fused-ring (bicyclic) bond motifs is 11. The standard InChI is InChI=1S/C55H33N5/c1-3-15-34(16-4-1)39-22-9-10-25-44(39)55-57-53(36-18-5-2-6-19-36)56-54(58-55)37-20-13-21-38(31-37)59-48-30-29-35-17-7-8-23-40(35)51(48)46-32-45-43-27-14-26-42-41-24-11-12-28-47(41)60(52(42)43)49(45)33-50(46)59/h1-33H. The maximum Gasteiger partial charge on any atom is 0.164 e. The van der Waals surface area contributed by atoms with Crippen LogP contribution in [0.3, 0.4) is 0 Å². The molecular formula is C55H33N5. The van der Waals surface area contributed by atoms with Crippen LogP contribution in [0.5, 0.6) is 0 Å². The molecule has 4 heterocycles. The first-order valence-electron chi connectivity index (χ1n) is 20.4. The molecule has 0 saturated carbocycles. The molecule has 0 unspecified atom stereocenters. The molecule has 278 valence electrons. The fourth-order valence-corrected chi connectivity index (χ4v) is 9.66. The van der Waals surface area contributed by atoms with Crippen molar-refractivity contribution >= 4 is 70.7 Å². The van der Waals surface area contributed by atoms with Crippen LogP contribution in [0.2, 0.25) is 0 Å². The average molecular weight is 764 g/mol. The topological polar surface area (TPSA) is 48.0 Å². The first kappa shape index (κ1) is 32.9. The van der Waals surface area contributed by atoms with Crippen molar-refractivity contribution in [3.8, 4) is 51.0 Å². The van der Waals surface area contributed by atoms with Crippen molar-refractivity contribution in [3.63, 3.8) is 0 Å². The van der Waals surface area contributed by atoms with Gasteiger partial charge in [-0.25, -0.2) is 15.0 Å². The van der Waals surface area contributed by atoms with Crippen LogP contribution in [0.25, 0.3) is 122 Å². The molecular weight excluding hydrogens is 731 g/mol. The molecule has 0 aliphatic carbocycles. The lowest BCUT2D eigenvalue weighted by Gasteiger charge is -2.13. The van der Waals surface area contributed by atoms with Gasteiger partial charge in [0.2, 0.25) is 0 Å². The summed E-state index contributed by atoms with van der Waals surface area (Å²) in [7, 11) is 0. The van der Waals surface area contributed by atoms with E-state index in [1.165, 1.54) is 59.6 Å². The third-order valence-electron chi connectivity index (χ3n) is 12.3. The fourth-order valence-electron chi connectivity index (χ4n) is 9.66. The summed E-state index contributed by atoms with van der Waals surface area (Å²) in [5.74, 6) is 1.88. The van der Waals surface area contributed by atoms with E-state index in [2.05, 4.69) is 185 Å². The molecule has 0 amide bonds. The molecule has 0 fully saturated rings. The number of nitrogens with zero attached hydrogens (tertiary/aromatic N) is 5. The van der Waals surface area contributed by atoms with Crippen LogP contribution in [0.1, 0.15) is 0 Å². The summed E-state index contributed by atoms with van der Waals surface area (Å²) < 4.78 is 4.90. The second-order valence-corrected chi connectivity index (χ2v) is 15.6. The molecule has 0 spiro atoms. The summed E-state index contributed by atoms with van der Waals surface area (Å²) >= 11 is 0. The SMILES string of the molecule is c1ccc(-c2nc(-c3cccc(-n4c5cc6c(cc5c5c7ccccc7ccc54)c4cccc5c7ccccc7n6c54)c3)nc(-c3ccccc3-c3ccccc3)n2)cc1.